The Morgan fingerprint density at radius 1 is 1.18 bits per heavy atom. The SMILES string of the molecule is CO[C@@H](CNC(=O)N1CCN([C@H](C)C(F)(F)F)CC1)C(C)C. The number of amides is 2. The van der Waals surface area contributed by atoms with Crippen molar-refractivity contribution >= 4 is 6.03 Å². The molecule has 22 heavy (non-hydrogen) atoms. The molecular weight excluding hydrogens is 299 g/mol. The molecule has 0 spiro atoms. The third-order valence-corrected chi connectivity index (χ3v) is 4.12. The number of carbonyl (C=O) groups is 1. The van der Waals surface area contributed by atoms with Crippen molar-refractivity contribution in [3.63, 3.8) is 0 Å². The number of hydrogen-bond donors (Lipinski definition) is 1. The molecule has 0 radical (unpaired) electrons. The minimum absolute atomic E-state index is 0.0736. The first-order valence-electron chi connectivity index (χ1n) is 7.53. The average Bonchev–Trinajstić information content (AvgIpc) is 2.45. The van der Waals surface area contributed by atoms with Crippen molar-refractivity contribution in [1.29, 1.82) is 0 Å². The molecule has 0 unspecified atom stereocenters. The van der Waals surface area contributed by atoms with E-state index in [9.17, 15) is 18.0 Å². The number of ether oxygens (including phenoxy) is 1. The van der Waals surface area contributed by atoms with Crippen LogP contribution in [-0.2, 0) is 4.74 Å². The van der Waals surface area contributed by atoms with Crippen molar-refractivity contribution in [2.75, 3.05) is 39.8 Å². The predicted octanol–water partition coefficient (Wildman–Crippen LogP) is 1.94. The van der Waals surface area contributed by atoms with E-state index in [2.05, 4.69) is 5.32 Å². The maximum atomic E-state index is 12.7. The van der Waals surface area contributed by atoms with Crippen LogP contribution in [0.3, 0.4) is 0 Å². The molecule has 130 valence electrons. The highest BCUT2D eigenvalue weighted by Gasteiger charge is 2.41. The van der Waals surface area contributed by atoms with Crippen molar-refractivity contribution in [2.24, 2.45) is 5.92 Å². The first kappa shape index (κ1) is 19.0. The normalized spacial score (nSPS) is 20.1. The highest BCUT2D eigenvalue weighted by Crippen LogP contribution is 2.25. The second-order valence-electron chi connectivity index (χ2n) is 5.94. The van der Waals surface area contributed by atoms with Crippen LogP contribution < -0.4 is 5.32 Å². The standard InChI is InChI=1S/C14H26F3N3O2/c1-10(2)12(22-4)9-18-13(21)20-7-5-19(6-8-20)11(3)14(15,16)17/h10-12H,5-9H2,1-4H3,(H,18,21)/t11-,12+/m1/s1. The lowest BCUT2D eigenvalue weighted by molar-refractivity contribution is -0.181. The summed E-state index contributed by atoms with van der Waals surface area (Å²) in [5.74, 6) is 0.273. The summed E-state index contributed by atoms with van der Waals surface area (Å²) in [6, 6.07) is -1.72. The molecule has 1 aliphatic rings. The molecule has 1 rings (SSSR count). The molecule has 0 bridgehead atoms. The summed E-state index contributed by atoms with van der Waals surface area (Å²) < 4.78 is 43.3. The van der Waals surface area contributed by atoms with Gasteiger partial charge in [-0.25, -0.2) is 4.79 Å². The summed E-state index contributed by atoms with van der Waals surface area (Å²) in [5, 5.41) is 2.78. The van der Waals surface area contributed by atoms with E-state index in [1.54, 1.807) is 12.0 Å². The van der Waals surface area contributed by atoms with Gasteiger partial charge in [0.25, 0.3) is 0 Å². The Kier molecular flexibility index (Phi) is 6.93. The zero-order valence-electron chi connectivity index (χ0n) is 13.6. The van der Waals surface area contributed by atoms with Gasteiger partial charge in [-0.3, -0.25) is 4.90 Å². The summed E-state index contributed by atoms with van der Waals surface area (Å²) in [7, 11) is 1.59. The van der Waals surface area contributed by atoms with E-state index >= 15 is 0 Å². The zero-order chi connectivity index (χ0) is 16.9. The van der Waals surface area contributed by atoms with Crippen LogP contribution >= 0.6 is 0 Å². The molecular formula is C14H26F3N3O2. The van der Waals surface area contributed by atoms with Crippen LogP contribution in [-0.4, -0.2) is 74.0 Å². The van der Waals surface area contributed by atoms with Gasteiger partial charge in [-0.1, -0.05) is 13.8 Å². The van der Waals surface area contributed by atoms with Crippen molar-refractivity contribution in [1.82, 2.24) is 15.1 Å². The van der Waals surface area contributed by atoms with Crippen LogP contribution in [0.1, 0.15) is 20.8 Å². The number of urea groups is 1. The Labute approximate surface area is 129 Å². The van der Waals surface area contributed by atoms with Gasteiger partial charge >= 0.3 is 12.2 Å². The number of carbonyl (C=O) groups excluding carboxylic acids is 1. The van der Waals surface area contributed by atoms with E-state index < -0.39 is 12.2 Å². The fraction of sp³-hybridized carbons (Fsp3) is 0.929. The van der Waals surface area contributed by atoms with Crippen LogP contribution in [0.25, 0.3) is 0 Å². The van der Waals surface area contributed by atoms with Gasteiger partial charge in [0.1, 0.15) is 6.04 Å². The molecule has 0 aliphatic carbocycles. The van der Waals surface area contributed by atoms with E-state index in [0.29, 0.717) is 19.6 Å². The highest BCUT2D eigenvalue weighted by molar-refractivity contribution is 5.74. The van der Waals surface area contributed by atoms with Crippen LogP contribution in [0, 0.1) is 5.92 Å². The number of methoxy groups -OCH3 is 1. The number of halogens is 3. The maximum absolute atomic E-state index is 12.7. The molecule has 1 N–H and O–H groups in total. The molecule has 0 aromatic heterocycles. The second kappa shape index (κ2) is 8.01. The van der Waals surface area contributed by atoms with Gasteiger partial charge in [0.15, 0.2) is 0 Å². The topological polar surface area (TPSA) is 44.8 Å². The lowest BCUT2D eigenvalue weighted by Crippen LogP contribution is -2.56. The minimum Gasteiger partial charge on any atom is -0.379 e. The van der Waals surface area contributed by atoms with Gasteiger partial charge in [0.2, 0.25) is 0 Å². The number of nitrogens with one attached hydrogen (secondary N) is 1. The van der Waals surface area contributed by atoms with Crippen LogP contribution in [0.4, 0.5) is 18.0 Å². The molecule has 1 saturated heterocycles. The summed E-state index contributed by atoms with van der Waals surface area (Å²) >= 11 is 0. The fourth-order valence-corrected chi connectivity index (χ4v) is 2.41. The molecule has 8 heteroatoms. The number of alkyl halides is 3. The summed E-state index contributed by atoms with van der Waals surface area (Å²) in [6.07, 6.45) is -4.30. The van der Waals surface area contributed by atoms with E-state index in [1.165, 1.54) is 4.90 Å². The fourth-order valence-electron chi connectivity index (χ4n) is 2.41. The van der Waals surface area contributed by atoms with Gasteiger partial charge < -0.3 is 15.0 Å². The molecule has 2 atom stereocenters. The van der Waals surface area contributed by atoms with E-state index in [0.717, 1.165) is 6.92 Å². The third-order valence-electron chi connectivity index (χ3n) is 4.12. The van der Waals surface area contributed by atoms with Crippen LogP contribution in [0.5, 0.6) is 0 Å². The Morgan fingerprint density at radius 3 is 2.14 bits per heavy atom. The quantitative estimate of drug-likeness (QED) is 0.840. The van der Waals surface area contributed by atoms with Gasteiger partial charge in [-0.15, -0.1) is 0 Å². The number of nitrogens with zero attached hydrogens (tertiary/aromatic N) is 2. The summed E-state index contributed by atoms with van der Waals surface area (Å²) in [4.78, 5) is 14.9. The van der Waals surface area contributed by atoms with Gasteiger partial charge in [-0.05, 0) is 12.8 Å². The van der Waals surface area contributed by atoms with Crippen molar-refractivity contribution in [3.8, 4) is 0 Å². The van der Waals surface area contributed by atoms with Gasteiger partial charge in [0.05, 0.1) is 6.10 Å². The van der Waals surface area contributed by atoms with Crippen molar-refractivity contribution < 1.29 is 22.7 Å². The largest absolute Gasteiger partial charge is 0.403 e. The number of hydrogen-bond acceptors (Lipinski definition) is 3. The molecule has 0 aromatic rings. The Morgan fingerprint density at radius 2 is 1.73 bits per heavy atom. The smallest absolute Gasteiger partial charge is 0.379 e. The van der Waals surface area contributed by atoms with Crippen molar-refractivity contribution in [2.45, 2.75) is 39.1 Å². The predicted molar refractivity (Wildman–Crippen MR) is 77.7 cm³/mol. The molecule has 0 aromatic carbocycles. The van der Waals surface area contributed by atoms with Crippen molar-refractivity contribution in [3.05, 3.63) is 0 Å². The van der Waals surface area contributed by atoms with Crippen LogP contribution in [0.15, 0.2) is 0 Å². The van der Waals surface area contributed by atoms with E-state index in [1.807, 2.05) is 13.8 Å². The first-order valence-corrected chi connectivity index (χ1v) is 7.53. The lowest BCUT2D eigenvalue weighted by Gasteiger charge is -2.38. The van der Waals surface area contributed by atoms with E-state index in [-0.39, 0.29) is 31.1 Å². The summed E-state index contributed by atoms with van der Waals surface area (Å²) in [6.45, 7) is 6.60. The van der Waals surface area contributed by atoms with Gasteiger partial charge in [0, 0.05) is 39.8 Å². The Balaban J connectivity index is 2.40. The lowest BCUT2D eigenvalue weighted by atomic mass is 10.1. The average molecular weight is 325 g/mol. The highest BCUT2D eigenvalue weighted by atomic mass is 19.4. The maximum Gasteiger partial charge on any atom is 0.403 e. The zero-order valence-corrected chi connectivity index (χ0v) is 13.6. The monoisotopic (exact) mass is 325 g/mol. The Hall–Kier alpha value is -1.02. The second-order valence-corrected chi connectivity index (χ2v) is 5.94. The molecule has 2 amide bonds. The molecule has 5 nitrogen and oxygen atoms in total. The number of piperazine rings is 1. The summed E-state index contributed by atoms with van der Waals surface area (Å²) in [5.41, 5.74) is 0. The number of rotatable bonds is 5. The van der Waals surface area contributed by atoms with E-state index in [4.69, 9.17) is 4.74 Å². The minimum atomic E-state index is -4.23. The first-order chi connectivity index (χ1) is 10.2. The molecule has 0 saturated carbocycles. The Bertz CT molecular complexity index is 356. The third kappa shape index (κ3) is 5.31. The molecule has 1 heterocycles. The van der Waals surface area contributed by atoms with Gasteiger partial charge in [-0.2, -0.15) is 13.2 Å². The molecule has 1 aliphatic heterocycles. The molecule has 1 fully saturated rings. The van der Waals surface area contributed by atoms with Crippen LogP contribution in [0.2, 0.25) is 0 Å².